The number of benzene rings is 1. The van der Waals surface area contributed by atoms with Crippen molar-refractivity contribution in [3.8, 4) is 0 Å². The lowest BCUT2D eigenvalue weighted by Gasteiger charge is -2.12. The van der Waals surface area contributed by atoms with Gasteiger partial charge in [0.05, 0.1) is 0 Å². The molecule has 17 heavy (non-hydrogen) atoms. The van der Waals surface area contributed by atoms with Crippen molar-refractivity contribution in [2.24, 2.45) is 5.92 Å². The Morgan fingerprint density at radius 2 is 1.76 bits per heavy atom. The molecule has 1 atom stereocenters. The summed E-state index contributed by atoms with van der Waals surface area (Å²) in [5.74, 6) is 1.50. The van der Waals surface area contributed by atoms with E-state index in [1.165, 1.54) is 31.2 Å². The Balaban J connectivity index is 2.38. The third-order valence-corrected chi connectivity index (χ3v) is 3.26. The molecule has 0 saturated heterocycles. The Labute approximate surface area is 107 Å². The van der Waals surface area contributed by atoms with Crippen molar-refractivity contribution >= 4 is 0 Å². The maximum atomic E-state index is 2.36. The molecule has 0 aliphatic heterocycles. The molecule has 0 spiro atoms. The number of allylic oxidation sites excluding steroid dienone is 2. The van der Waals surface area contributed by atoms with Crippen LogP contribution in [0.3, 0.4) is 0 Å². The van der Waals surface area contributed by atoms with E-state index in [4.69, 9.17) is 0 Å². The van der Waals surface area contributed by atoms with E-state index < -0.39 is 0 Å². The van der Waals surface area contributed by atoms with E-state index >= 15 is 0 Å². The summed E-state index contributed by atoms with van der Waals surface area (Å²) in [6.45, 7) is 6.85. The van der Waals surface area contributed by atoms with Gasteiger partial charge < -0.3 is 0 Å². The van der Waals surface area contributed by atoms with Gasteiger partial charge in [-0.15, -0.1) is 0 Å². The quantitative estimate of drug-likeness (QED) is 0.538. The number of hydrogen-bond acceptors (Lipinski definition) is 0. The first-order valence-corrected chi connectivity index (χ1v) is 6.94. The van der Waals surface area contributed by atoms with Crippen LogP contribution in [0.25, 0.3) is 0 Å². The molecule has 0 aromatic heterocycles. The average molecular weight is 230 g/mol. The Hall–Kier alpha value is -1.04. The maximum absolute atomic E-state index is 2.36. The zero-order valence-electron chi connectivity index (χ0n) is 11.5. The molecular formula is C17H26. The van der Waals surface area contributed by atoms with Crippen molar-refractivity contribution in [1.29, 1.82) is 0 Å². The smallest absolute Gasteiger partial charge is 0.0130 e. The monoisotopic (exact) mass is 230 g/mol. The van der Waals surface area contributed by atoms with Gasteiger partial charge >= 0.3 is 0 Å². The summed E-state index contributed by atoms with van der Waals surface area (Å²) >= 11 is 0. The second-order valence-corrected chi connectivity index (χ2v) is 5.19. The van der Waals surface area contributed by atoms with Crippen LogP contribution in [0.2, 0.25) is 0 Å². The Morgan fingerprint density at radius 3 is 2.35 bits per heavy atom. The van der Waals surface area contributed by atoms with Gasteiger partial charge in [-0.1, -0.05) is 63.3 Å². The third kappa shape index (κ3) is 5.72. The fourth-order valence-corrected chi connectivity index (χ4v) is 2.07. The van der Waals surface area contributed by atoms with Crippen LogP contribution in [0.1, 0.15) is 57.9 Å². The van der Waals surface area contributed by atoms with Gasteiger partial charge in [0, 0.05) is 0 Å². The van der Waals surface area contributed by atoms with E-state index in [2.05, 4.69) is 63.3 Å². The van der Waals surface area contributed by atoms with Crippen molar-refractivity contribution in [2.75, 3.05) is 0 Å². The van der Waals surface area contributed by atoms with Crippen LogP contribution in [0.4, 0.5) is 0 Å². The minimum Gasteiger partial charge on any atom is -0.0885 e. The lowest BCUT2D eigenvalue weighted by molar-refractivity contribution is 0.592. The molecular weight excluding hydrogens is 204 g/mol. The van der Waals surface area contributed by atoms with Gasteiger partial charge in [-0.3, -0.25) is 0 Å². The summed E-state index contributed by atoms with van der Waals surface area (Å²) < 4.78 is 0. The molecule has 0 nitrogen and oxygen atoms in total. The highest BCUT2D eigenvalue weighted by molar-refractivity contribution is 5.20. The molecule has 0 saturated carbocycles. The SMILES string of the molecule is CCC(C/C=C/CCC(C)C)c1ccccc1. The fourth-order valence-electron chi connectivity index (χ4n) is 2.07. The van der Waals surface area contributed by atoms with Crippen molar-refractivity contribution in [2.45, 2.75) is 52.4 Å². The highest BCUT2D eigenvalue weighted by atomic mass is 14.1. The normalized spacial score (nSPS) is 13.4. The van der Waals surface area contributed by atoms with Crippen LogP contribution in [0.15, 0.2) is 42.5 Å². The lowest BCUT2D eigenvalue weighted by Crippen LogP contribution is -1.95. The van der Waals surface area contributed by atoms with E-state index in [1.807, 2.05) is 0 Å². The fraction of sp³-hybridized carbons (Fsp3) is 0.529. The Bertz CT molecular complexity index is 308. The van der Waals surface area contributed by atoms with Gasteiger partial charge in [-0.25, -0.2) is 0 Å². The molecule has 1 aromatic rings. The molecule has 0 bridgehead atoms. The molecule has 1 rings (SSSR count). The van der Waals surface area contributed by atoms with Gasteiger partial charge in [0.25, 0.3) is 0 Å². The van der Waals surface area contributed by atoms with E-state index in [9.17, 15) is 0 Å². The molecule has 1 aromatic carbocycles. The topological polar surface area (TPSA) is 0 Å². The van der Waals surface area contributed by atoms with Gasteiger partial charge in [-0.05, 0) is 43.1 Å². The highest BCUT2D eigenvalue weighted by Gasteiger charge is 2.05. The van der Waals surface area contributed by atoms with Crippen LogP contribution in [-0.2, 0) is 0 Å². The molecule has 94 valence electrons. The average Bonchev–Trinajstić information content (AvgIpc) is 2.34. The van der Waals surface area contributed by atoms with E-state index in [1.54, 1.807) is 0 Å². The van der Waals surface area contributed by atoms with Crippen LogP contribution >= 0.6 is 0 Å². The molecule has 1 unspecified atom stereocenters. The number of rotatable bonds is 7. The Morgan fingerprint density at radius 1 is 1.06 bits per heavy atom. The van der Waals surface area contributed by atoms with Gasteiger partial charge in [0.2, 0.25) is 0 Å². The second-order valence-electron chi connectivity index (χ2n) is 5.19. The van der Waals surface area contributed by atoms with Gasteiger partial charge in [0.15, 0.2) is 0 Å². The Kier molecular flexibility index (Phi) is 6.69. The largest absolute Gasteiger partial charge is 0.0885 e. The van der Waals surface area contributed by atoms with Crippen LogP contribution in [0, 0.1) is 5.92 Å². The molecule has 0 aliphatic carbocycles. The van der Waals surface area contributed by atoms with Gasteiger partial charge in [0.1, 0.15) is 0 Å². The van der Waals surface area contributed by atoms with Crippen LogP contribution in [0.5, 0.6) is 0 Å². The summed E-state index contributed by atoms with van der Waals surface area (Å²) in [7, 11) is 0. The molecule has 0 heteroatoms. The first kappa shape index (κ1) is 14.0. The molecule has 0 radical (unpaired) electrons. The summed E-state index contributed by atoms with van der Waals surface area (Å²) in [6, 6.07) is 10.9. The summed E-state index contributed by atoms with van der Waals surface area (Å²) in [4.78, 5) is 0. The lowest BCUT2D eigenvalue weighted by atomic mass is 9.93. The van der Waals surface area contributed by atoms with Gasteiger partial charge in [-0.2, -0.15) is 0 Å². The molecule has 0 N–H and O–H groups in total. The van der Waals surface area contributed by atoms with Crippen LogP contribution < -0.4 is 0 Å². The third-order valence-electron chi connectivity index (χ3n) is 3.26. The summed E-state index contributed by atoms with van der Waals surface area (Å²) in [5.41, 5.74) is 1.48. The molecule has 0 heterocycles. The minimum absolute atomic E-state index is 0.687. The maximum Gasteiger partial charge on any atom is -0.0130 e. The van der Waals surface area contributed by atoms with Crippen molar-refractivity contribution < 1.29 is 0 Å². The predicted molar refractivity (Wildman–Crippen MR) is 77.3 cm³/mol. The first-order chi connectivity index (χ1) is 8.24. The summed E-state index contributed by atoms with van der Waals surface area (Å²) in [5, 5.41) is 0. The van der Waals surface area contributed by atoms with Crippen molar-refractivity contribution in [3.63, 3.8) is 0 Å². The minimum atomic E-state index is 0.687. The van der Waals surface area contributed by atoms with E-state index in [0.717, 1.165) is 5.92 Å². The van der Waals surface area contributed by atoms with E-state index in [-0.39, 0.29) is 0 Å². The van der Waals surface area contributed by atoms with Crippen molar-refractivity contribution in [1.82, 2.24) is 0 Å². The highest BCUT2D eigenvalue weighted by Crippen LogP contribution is 2.23. The second kappa shape index (κ2) is 8.11. The summed E-state index contributed by atoms with van der Waals surface area (Å²) in [6.07, 6.45) is 9.65. The molecule has 0 fully saturated rings. The molecule has 0 amide bonds. The first-order valence-electron chi connectivity index (χ1n) is 6.94. The molecule has 0 aliphatic rings. The zero-order chi connectivity index (χ0) is 12.5. The predicted octanol–water partition coefficient (Wildman–Crippen LogP) is 5.56. The van der Waals surface area contributed by atoms with Crippen LogP contribution in [-0.4, -0.2) is 0 Å². The van der Waals surface area contributed by atoms with Crippen molar-refractivity contribution in [3.05, 3.63) is 48.0 Å². The number of hydrogen-bond donors (Lipinski definition) is 0. The van der Waals surface area contributed by atoms with E-state index in [0.29, 0.717) is 5.92 Å². The zero-order valence-corrected chi connectivity index (χ0v) is 11.5. The standard InChI is InChI=1S/C17H26/c1-4-16(17-13-9-6-10-14-17)12-8-5-7-11-15(2)3/h5-6,8-10,13-16H,4,7,11-12H2,1-3H3/b8-5+.